The summed E-state index contributed by atoms with van der Waals surface area (Å²) in [5.41, 5.74) is 0.375. The molecule has 0 aliphatic rings. The van der Waals surface area contributed by atoms with Gasteiger partial charge in [0.25, 0.3) is 0 Å². The summed E-state index contributed by atoms with van der Waals surface area (Å²) in [7, 11) is -2.56. The molecule has 0 rings (SSSR count). The van der Waals surface area contributed by atoms with Gasteiger partial charge in [0.2, 0.25) is 0 Å². The van der Waals surface area contributed by atoms with Gasteiger partial charge in [-0.3, -0.25) is 0 Å². The lowest BCUT2D eigenvalue weighted by molar-refractivity contribution is -0.140. The standard InChI is InChI=1S/C11H22O5Si/c1-6-14-17(5,15-7-2)16-9-8-13-11(12)10(3)4/h3,6-9H2,1-2,4-5H3. The Morgan fingerprint density at radius 3 is 2.06 bits per heavy atom. The number of ether oxygens (including phenoxy) is 1. The van der Waals surface area contributed by atoms with Crippen LogP contribution in [-0.2, 0) is 22.8 Å². The molecule has 0 aromatic heterocycles. The average Bonchev–Trinajstić information content (AvgIpc) is 2.24. The maximum Gasteiger partial charge on any atom is 0.497 e. The number of esters is 1. The van der Waals surface area contributed by atoms with Crippen molar-refractivity contribution in [3.05, 3.63) is 12.2 Å². The van der Waals surface area contributed by atoms with Gasteiger partial charge in [0.15, 0.2) is 0 Å². The van der Waals surface area contributed by atoms with Gasteiger partial charge >= 0.3 is 14.8 Å². The first-order valence-corrected chi connectivity index (χ1v) is 7.92. The average molecular weight is 262 g/mol. The smallest absolute Gasteiger partial charge is 0.460 e. The normalized spacial score (nSPS) is 11.3. The Kier molecular flexibility index (Phi) is 8.06. The minimum Gasteiger partial charge on any atom is -0.460 e. The molecule has 0 aromatic carbocycles. The molecule has 5 nitrogen and oxygen atoms in total. The van der Waals surface area contributed by atoms with Gasteiger partial charge in [0, 0.05) is 25.3 Å². The molecule has 0 fully saturated rings. The van der Waals surface area contributed by atoms with Crippen molar-refractivity contribution in [2.45, 2.75) is 27.3 Å². The highest BCUT2D eigenvalue weighted by atomic mass is 28.4. The van der Waals surface area contributed by atoms with Crippen molar-refractivity contribution < 1.29 is 22.8 Å². The Morgan fingerprint density at radius 2 is 1.65 bits per heavy atom. The molecular weight excluding hydrogens is 240 g/mol. The second kappa shape index (κ2) is 8.41. The number of rotatable bonds is 9. The van der Waals surface area contributed by atoms with Gasteiger partial charge in [0.05, 0.1) is 6.61 Å². The summed E-state index contributed by atoms with van der Waals surface area (Å²) in [4.78, 5) is 11.1. The Balaban J connectivity index is 3.90. The number of carbonyl (C=O) groups is 1. The highest BCUT2D eigenvalue weighted by molar-refractivity contribution is 6.59. The Bertz CT molecular complexity index is 248. The summed E-state index contributed by atoms with van der Waals surface area (Å²) in [6.07, 6.45) is 0. The molecule has 0 heterocycles. The van der Waals surface area contributed by atoms with E-state index < -0.39 is 14.8 Å². The number of hydrogen-bond acceptors (Lipinski definition) is 5. The van der Waals surface area contributed by atoms with Crippen molar-refractivity contribution in [3.63, 3.8) is 0 Å². The molecule has 0 spiro atoms. The fraction of sp³-hybridized carbons (Fsp3) is 0.727. The van der Waals surface area contributed by atoms with E-state index in [9.17, 15) is 4.79 Å². The van der Waals surface area contributed by atoms with Gasteiger partial charge in [-0.1, -0.05) is 6.58 Å². The molecule has 17 heavy (non-hydrogen) atoms. The molecule has 0 aliphatic heterocycles. The van der Waals surface area contributed by atoms with Crippen molar-refractivity contribution in [2.75, 3.05) is 26.4 Å². The Morgan fingerprint density at radius 1 is 1.12 bits per heavy atom. The minimum atomic E-state index is -2.56. The van der Waals surface area contributed by atoms with Crippen molar-refractivity contribution >= 4 is 14.8 Å². The van der Waals surface area contributed by atoms with Crippen molar-refractivity contribution in [1.82, 2.24) is 0 Å². The van der Waals surface area contributed by atoms with E-state index in [0.29, 0.717) is 18.8 Å². The van der Waals surface area contributed by atoms with Gasteiger partial charge < -0.3 is 18.0 Å². The van der Waals surface area contributed by atoms with Crippen LogP contribution in [0.25, 0.3) is 0 Å². The van der Waals surface area contributed by atoms with Crippen LogP contribution in [0.2, 0.25) is 6.55 Å². The SMILES string of the molecule is C=C(C)C(=O)OCCO[Si](C)(OCC)OCC. The minimum absolute atomic E-state index is 0.175. The van der Waals surface area contributed by atoms with Crippen molar-refractivity contribution in [2.24, 2.45) is 0 Å². The van der Waals surface area contributed by atoms with Crippen molar-refractivity contribution in [3.8, 4) is 0 Å². The summed E-state index contributed by atoms with van der Waals surface area (Å²) in [6.45, 7) is 12.2. The topological polar surface area (TPSA) is 54.0 Å². The number of hydrogen-bond donors (Lipinski definition) is 0. The molecule has 0 aliphatic carbocycles. The van der Waals surface area contributed by atoms with Crippen LogP contribution < -0.4 is 0 Å². The molecular formula is C11H22O5Si. The first-order valence-electron chi connectivity index (χ1n) is 5.69. The lowest BCUT2D eigenvalue weighted by Gasteiger charge is -2.24. The van der Waals surface area contributed by atoms with Crippen LogP contribution in [-0.4, -0.2) is 41.2 Å². The van der Waals surface area contributed by atoms with Crippen molar-refractivity contribution in [1.29, 1.82) is 0 Å². The molecule has 0 bridgehead atoms. The number of carbonyl (C=O) groups excluding carboxylic acids is 1. The van der Waals surface area contributed by atoms with E-state index in [2.05, 4.69) is 6.58 Å². The van der Waals surface area contributed by atoms with E-state index in [0.717, 1.165) is 0 Å². The monoisotopic (exact) mass is 262 g/mol. The van der Waals surface area contributed by atoms with E-state index in [1.165, 1.54) is 0 Å². The third-order valence-electron chi connectivity index (χ3n) is 1.84. The quantitative estimate of drug-likeness (QED) is 0.274. The summed E-state index contributed by atoms with van der Waals surface area (Å²) in [5.74, 6) is -0.412. The van der Waals surface area contributed by atoms with Gasteiger partial charge in [0.1, 0.15) is 6.61 Å². The Labute approximate surface area is 104 Å². The lowest BCUT2D eigenvalue weighted by Crippen LogP contribution is -2.43. The van der Waals surface area contributed by atoms with E-state index in [1.807, 2.05) is 20.4 Å². The van der Waals surface area contributed by atoms with E-state index in [4.69, 9.17) is 18.0 Å². The van der Waals surface area contributed by atoms with Crippen LogP contribution in [0.15, 0.2) is 12.2 Å². The van der Waals surface area contributed by atoms with Crippen LogP contribution >= 0.6 is 0 Å². The predicted octanol–water partition coefficient (Wildman–Crippen LogP) is 1.76. The molecule has 0 saturated carbocycles. The van der Waals surface area contributed by atoms with Crippen LogP contribution in [0.1, 0.15) is 20.8 Å². The summed E-state index contributed by atoms with van der Waals surface area (Å²) >= 11 is 0. The van der Waals surface area contributed by atoms with E-state index >= 15 is 0 Å². The molecule has 0 atom stereocenters. The van der Waals surface area contributed by atoms with Crippen LogP contribution in [0, 0.1) is 0 Å². The largest absolute Gasteiger partial charge is 0.497 e. The van der Waals surface area contributed by atoms with Gasteiger partial charge in [-0.25, -0.2) is 4.79 Å². The molecule has 0 radical (unpaired) electrons. The fourth-order valence-corrected chi connectivity index (χ4v) is 2.89. The van der Waals surface area contributed by atoms with Crippen LogP contribution in [0.3, 0.4) is 0 Å². The van der Waals surface area contributed by atoms with E-state index in [1.54, 1.807) is 6.92 Å². The molecule has 0 aromatic rings. The molecule has 0 unspecified atom stereocenters. The summed E-state index contributed by atoms with van der Waals surface area (Å²) in [6, 6.07) is 0. The van der Waals surface area contributed by atoms with Gasteiger partial charge in [-0.2, -0.15) is 0 Å². The molecule has 0 saturated heterocycles. The first-order chi connectivity index (χ1) is 7.95. The highest BCUT2D eigenvalue weighted by Crippen LogP contribution is 2.08. The zero-order valence-corrected chi connectivity index (χ0v) is 12.1. The highest BCUT2D eigenvalue weighted by Gasteiger charge is 2.33. The van der Waals surface area contributed by atoms with E-state index in [-0.39, 0.29) is 13.2 Å². The molecule has 0 N–H and O–H groups in total. The molecule has 100 valence electrons. The van der Waals surface area contributed by atoms with Gasteiger partial charge in [-0.05, 0) is 20.8 Å². The van der Waals surface area contributed by atoms with Crippen LogP contribution in [0.4, 0.5) is 0 Å². The predicted molar refractivity (Wildman–Crippen MR) is 66.6 cm³/mol. The maximum absolute atomic E-state index is 11.1. The maximum atomic E-state index is 11.1. The zero-order chi connectivity index (χ0) is 13.3. The first kappa shape index (κ1) is 16.3. The zero-order valence-electron chi connectivity index (χ0n) is 11.1. The summed E-state index contributed by atoms with van der Waals surface area (Å²) in [5, 5.41) is 0. The van der Waals surface area contributed by atoms with Crippen LogP contribution in [0.5, 0.6) is 0 Å². The van der Waals surface area contributed by atoms with Gasteiger partial charge in [-0.15, -0.1) is 0 Å². The lowest BCUT2D eigenvalue weighted by atomic mass is 10.4. The third kappa shape index (κ3) is 7.27. The molecule has 0 amide bonds. The third-order valence-corrected chi connectivity index (χ3v) is 4.20. The molecule has 6 heteroatoms. The Hall–Kier alpha value is -0.693. The second-order valence-corrected chi connectivity index (χ2v) is 6.08. The fourth-order valence-electron chi connectivity index (χ4n) is 1.13. The summed E-state index contributed by atoms with van der Waals surface area (Å²) < 4.78 is 21.4. The second-order valence-electron chi connectivity index (χ2n) is 3.49.